The van der Waals surface area contributed by atoms with Crippen molar-refractivity contribution in [2.24, 2.45) is 7.05 Å². The number of nitrogens with zero attached hydrogens (tertiary/aromatic N) is 2. The maximum Gasteiger partial charge on any atom is 0.0931 e. The summed E-state index contributed by atoms with van der Waals surface area (Å²) in [5, 5.41) is 7.83. The molecule has 1 unspecified atom stereocenters. The molecule has 0 bridgehead atoms. The van der Waals surface area contributed by atoms with Gasteiger partial charge in [-0.05, 0) is 26.0 Å². The first-order valence-corrected chi connectivity index (χ1v) is 6.73. The highest BCUT2D eigenvalue weighted by Gasteiger charge is 2.11. The molecule has 0 saturated heterocycles. The monoisotopic (exact) mass is 269 g/mol. The van der Waals surface area contributed by atoms with Crippen LogP contribution in [-0.2, 0) is 13.6 Å². The molecule has 0 aliphatic rings. The van der Waals surface area contributed by atoms with Crippen molar-refractivity contribution in [3.63, 3.8) is 0 Å². The molecule has 17 heavy (non-hydrogen) atoms. The minimum atomic E-state index is 0.296. The summed E-state index contributed by atoms with van der Waals surface area (Å²) in [6.45, 7) is 5.03. The van der Waals surface area contributed by atoms with Gasteiger partial charge in [-0.2, -0.15) is 5.10 Å². The summed E-state index contributed by atoms with van der Waals surface area (Å²) >= 11 is 7.52. The topological polar surface area (TPSA) is 29.9 Å². The first-order valence-electron chi connectivity index (χ1n) is 5.54. The molecule has 0 radical (unpaired) electrons. The van der Waals surface area contributed by atoms with Crippen LogP contribution in [0.2, 0.25) is 4.34 Å². The van der Waals surface area contributed by atoms with Gasteiger partial charge < -0.3 is 5.32 Å². The van der Waals surface area contributed by atoms with Crippen molar-refractivity contribution in [2.45, 2.75) is 26.4 Å². The molecule has 0 aliphatic heterocycles. The lowest BCUT2D eigenvalue weighted by atomic mass is 10.1. The van der Waals surface area contributed by atoms with Gasteiger partial charge in [-0.3, -0.25) is 4.68 Å². The molecule has 0 aromatic carbocycles. The normalized spacial score (nSPS) is 12.9. The largest absolute Gasteiger partial charge is 0.305 e. The first-order chi connectivity index (χ1) is 8.06. The summed E-state index contributed by atoms with van der Waals surface area (Å²) in [7, 11) is 1.95. The van der Waals surface area contributed by atoms with Crippen LogP contribution in [0.25, 0.3) is 0 Å². The van der Waals surface area contributed by atoms with Crippen LogP contribution in [0, 0.1) is 6.92 Å². The Morgan fingerprint density at radius 3 is 2.82 bits per heavy atom. The van der Waals surface area contributed by atoms with Gasteiger partial charge in [0.15, 0.2) is 0 Å². The quantitative estimate of drug-likeness (QED) is 0.923. The first kappa shape index (κ1) is 12.6. The molecule has 1 atom stereocenters. The van der Waals surface area contributed by atoms with Crippen LogP contribution in [0.4, 0.5) is 0 Å². The number of hydrogen-bond acceptors (Lipinski definition) is 3. The van der Waals surface area contributed by atoms with Gasteiger partial charge >= 0.3 is 0 Å². The molecule has 92 valence electrons. The maximum absolute atomic E-state index is 5.90. The van der Waals surface area contributed by atoms with Gasteiger partial charge in [-0.15, -0.1) is 11.3 Å². The van der Waals surface area contributed by atoms with Gasteiger partial charge in [0.2, 0.25) is 0 Å². The molecule has 2 aromatic heterocycles. The van der Waals surface area contributed by atoms with Crippen LogP contribution in [0.3, 0.4) is 0 Å². The maximum atomic E-state index is 5.90. The molecule has 5 heteroatoms. The molecule has 2 aromatic rings. The number of hydrogen-bond donors (Lipinski definition) is 1. The van der Waals surface area contributed by atoms with Crippen molar-refractivity contribution in [1.82, 2.24) is 15.1 Å². The molecule has 3 nitrogen and oxygen atoms in total. The summed E-state index contributed by atoms with van der Waals surface area (Å²) in [5.74, 6) is 0. The Kier molecular flexibility index (Phi) is 3.86. The van der Waals surface area contributed by atoms with Gasteiger partial charge in [0.25, 0.3) is 0 Å². The third kappa shape index (κ3) is 3.09. The minimum Gasteiger partial charge on any atom is -0.305 e. The summed E-state index contributed by atoms with van der Waals surface area (Å²) < 4.78 is 2.69. The number of thiophene rings is 1. The summed E-state index contributed by atoms with van der Waals surface area (Å²) in [6, 6.07) is 4.29. The molecule has 0 amide bonds. The second-order valence-corrected chi connectivity index (χ2v) is 5.95. The van der Waals surface area contributed by atoms with Crippen LogP contribution in [-0.4, -0.2) is 9.78 Å². The van der Waals surface area contributed by atoms with Crippen molar-refractivity contribution in [3.8, 4) is 0 Å². The van der Waals surface area contributed by atoms with Crippen LogP contribution in [0.5, 0.6) is 0 Å². The molecule has 0 fully saturated rings. The zero-order valence-corrected chi connectivity index (χ0v) is 11.8. The number of nitrogens with one attached hydrogen (secondary N) is 1. The van der Waals surface area contributed by atoms with Crippen LogP contribution in [0.1, 0.15) is 29.1 Å². The smallest absolute Gasteiger partial charge is 0.0931 e. The zero-order chi connectivity index (χ0) is 12.4. The second kappa shape index (κ2) is 5.21. The van der Waals surface area contributed by atoms with Gasteiger partial charge in [0.05, 0.1) is 10.0 Å². The Hall–Kier alpha value is -0.840. The number of aryl methyl sites for hydroxylation is 2. The lowest BCUT2D eigenvalue weighted by molar-refractivity contribution is 0.576. The van der Waals surface area contributed by atoms with Crippen molar-refractivity contribution in [2.75, 3.05) is 0 Å². The van der Waals surface area contributed by atoms with Gasteiger partial charge in [0.1, 0.15) is 0 Å². The predicted octanol–water partition coefficient (Wildman–Crippen LogP) is 3.29. The lowest BCUT2D eigenvalue weighted by Crippen LogP contribution is -2.17. The average Bonchev–Trinajstić information content (AvgIpc) is 2.81. The molecule has 0 saturated carbocycles. The Morgan fingerprint density at radius 1 is 1.53 bits per heavy atom. The highest BCUT2D eigenvalue weighted by atomic mass is 35.5. The molecule has 2 heterocycles. The fourth-order valence-corrected chi connectivity index (χ4v) is 2.89. The van der Waals surface area contributed by atoms with E-state index in [1.807, 2.05) is 24.7 Å². The summed E-state index contributed by atoms with van der Waals surface area (Å²) in [6.07, 6.45) is 2.06. The van der Waals surface area contributed by atoms with E-state index in [1.165, 1.54) is 10.4 Å². The minimum absolute atomic E-state index is 0.296. The third-order valence-electron chi connectivity index (χ3n) is 2.73. The number of aromatic nitrogens is 2. The fourth-order valence-electron chi connectivity index (χ4n) is 1.85. The Balaban J connectivity index is 1.97. The van der Waals surface area contributed by atoms with Crippen molar-refractivity contribution < 1.29 is 0 Å². The van der Waals surface area contributed by atoms with E-state index >= 15 is 0 Å². The van der Waals surface area contributed by atoms with E-state index in [0.717, 1.165) is 16.6 Å². The molecular weight excluding hydrogens is 254 g/mol. The summed E-state index contributed by atoms with van der Waals surface area (Å²) in [4.78, 5) is 1.25. The molecule has 0 aliphatic carbocycles. The van der Waals surface area contributed by atoms with Crippen molar-refractivity contribution in [1.29, 1.82) is 0 Å². The SMILES string of the molecule is Cc1nn(C)cc1C(C)NCc1ccc(Cl)s1. The highest BCUT2D eigenvalue weighted by Crippen LogP contribution is 2.22. The van der Waals surface area contributed by atoms with E-state index in [-0.39, 0.29) is 0 Å². The zero-order valence-electron chi connectivity index (χ0n) is 10.2. The van der Waals surface area contributed by atoms with Gasteiger partial charge in [-0.25, -0.2) is 0 Å². The Bertz CT molecular complexity index is 504. The van der Waals surface area contributed by atoms with Crippen LogP contribution < -0.4 is 5.32 Å². The van der Waals surface area contributed by atoms with Gasteiger partial charge in [0, 0.05) is 36.3 Å². The van der Waals surface area contributed by atoms with Gasteiger partial charge in [-0.1, -0.05) is 11.6 Å². The summed E-state index contributed by atoms with van der Waals surface area (Å²) in [5.41, 5.74) is 2.33. The molecular formula is C12H16ClN3S. The number of halogens is 1. The molecule has 2 rings (SSSR count). The average molecular weight is 270 g/mol. The van der Waals surface area contributed by atoms with E-state index in [0.29, 0.717) is 6.04 Å². The Morgan fingerprint density at radius 2 is 2.29 bits per heavy atom. The highest BCUT2D eigenvalue weighted by molar-refractivity contribution is 7.16. The molecule has 1 N–H and O–H groups in total. The number of rotatable bonds is 4. The second-order valence-electron chi connectivity index (χ2n) is 4.15. The van der Waals surface area contributed by atoms with E-state index in [2.05, 4.69) is 29.6 Å². The molecule has 0 spiro atoms. The van der Waals surface area contributed by atoms with Crippen LogP contribution in [0.15, 0.2) is 18.3 Å². The van der Waals surface area contributed by atoms with Crippen molar-refractivity contribution in [3.05, 3.63) is 38.8 Å². The van der Waals surface area contributed by atoms with Crippen molar-refractivity contribution >= 4 is 22.9 Å². The van der Waals surface area contributed by atoms with E-state index in [4.69, 9.17) is 11.6 Å². The van der Waals surface area contributed by atoms with Crippen LogP contribution >= 0.6 is 22.9 Å². The lowest BCUT2D eigenvalue weighted by Gasteiger charge is -2.12. The predicted molar refractivity (Wildman–Crippen MR) is 72.5 cm³/mol. The third-order valence-corrected chi connectivity index (χ3v) is 3.96. The standard InChI is InChI=1S/C12H16ClN3S/c1-8(11-7-16(3)15-9(11)2)14-6-10-4-5-12(13)17-10/h4-5,7-8,14H,6H2,1-3H3. The van der Waals surface area contributed by atoms with E-state index in [1.54, 1.807) is 11.3 Å². The van der Waals surface area contributed by atoms with E-state index < -0.39 is 0 Å². The fraction of sp³-hybridized carbons (Fsp3) is 0.417. The van der Waals surface area contributed by atoms with E-state index in [9.17, 15) is 0 Å². The Labute approximate surface area is 110 Å².